The molecule has 0 spiro atoms. The number of benzene rings is 2. The largest absolute Gasteiger partial charge is 0.462 e. The summed E-state index contributed by atoms with van der Waals surface area (Å²) in [6.07, 6.45) is 0. The molecule has 0 aliphatic rings. The van der Waals surface area contributed by atoms with E-state index in [9.17, 15) is 18.0 Å². The fourth-order valence-electron chi connectivity index (χ4n) is 2.05. The summed E-state index contributed by atoms with van der Waals surface area (Å²) in [6, 6.07) is 7.94. The summed E-state index contributed by atoms with van der Waals surface area (Å²) >= 11 is 9.07. The number of carbonyl (C=O) groups excluding carboxylic acids is 2. The highest BCUT2D eigenvalue weighted by atomic mass is 79.9. The smallest absolute Gasteiger partial charge is 0.338 e. The number of hydrogen-bond acceptors (Lipinski definition) is 5. The number of sulfonamides is 1. The zero-order valence-electron chi connectivity index (χ0n) is 13.5. The van der Waals surface area contributed by atoms with Gasteiger partial charge in [0.05, 0.1) is 28.4 Å². The van der Waals surface area contributed by atoms with Gasteiger partial charge in [-0.2, -0.15) is 0 Å². The maximum Gasteiger partial charge on any atom is 0.338 e. The monoisotopic (exact) mass is 460 g/mol. The molecule has 0 atom stereocenters. The zero-order valence-corrected chi connectivity index (χ0v) is 16.6. The normalized spacial score (nSPS) is 11.0. The number of halogens is 2. The number of nitrogens with one attached hydrogen (secondary N) is 1. The van der Waals surface area contributed by atoms with Crippen molar-refractivity contribution in [2.75, 3.05) is 11.3 Å². The average Bonchev–Trinajstić information content (AvgIpc) is 2.54. The second-order valence-corrected chi connectivity index (χ2v) is 7.94. The highest BCUT2D eigenvalue weighted by molar-refractivity contribution is 9.10. The molecule has 1 amide bonds. The van der Waals surface area contributed by atoms with Crippen LogP contribution in [0.3, 0.4) is 0 Å². The summed E-state index contributed by atoms with van der Waals surface area (Å²) in [5.41, 5.74) is 5.60. The van der Waals surface area contributed by atoms with Gasteiger partial charge in [-0.3, -0.25) is 9.52 Å². The molecule has 2 aromatic rings. The Morgan fingerprint density at radius 3 is 2.46 bits per heavy atom. The van der Waals surface area contributed by atoms with Crippen LogP contribution in [-0.4, -0.2) is 26.9 Å². The number of ether oxygens (including phenoxy) is 1. The highest BCUT2D eigenvalue weighted by Gasteiger charge is 2.20. The first-order chi connectivity index (χ1) is 12.2. The lowest BCUT2D eigenvalue weighted by molar-refractivity contribution is 0.0526. The van der Waals surface area contributed by atoms with Crippen LogP contribution in [0.25, 0.3) is 0 Å². The van der Waals surface area contributed by atoms with Gasteiger partial charge in [-0.1, -0.05) is 11.6 Å². The van der Waals surface area contributed by atoms with Gasteiger partial charge in [-0.25, -0.2) is 13.2 Å². The molecule has 2 aromatic carbocycles. The Labute approximate surface area is 163 Å². The van der Waals surface area contributed by atoms with E-state index in [1.165, 1.54) is 36.4 Å². The first-order valence-electron chi connectivity index (χ1n) is 7.24. The number of amides is 1. The molecule has 0 aromatic heterocycles. The minimum absolute atomic E-state index is 0.0226. The van der Waals surface area contributed by atoms with E-state index in [2.05, 4.69) is 20.7 Å². The van der Waals surface area contributed by atoms with E-state index in [0.29, 0.717) is 0 Å². The minimum Gasteiger partial charge on any atom is -0.462 e. The molecule has 2 rings (SSSR count). The average molecular weight is 462 g/mol. The Bertz CT molecular complexity index is 979. The molecule has 0 radical (unpaired) electrons. The quantitative estimate of drug-likeness (QED) is 0.641. The lowest BCUT2D eigenvalue weighted by atomic mass is 10.2. The standard InChI is InChI=1S/C16H14BrClN2O5S/c1-2-25-16(22)9-3-6-14(12(17)7-9)26(23,24)20-10-4-5-11(15(19)21)13(18)8-10/h3-8,20H,2H2,1H3,(H2,19,21). The molecule has 0 bridgehead atoms. The molecule has 7 nitrogen and oxygen atoms in total. The van der Waals surface area contributed by atoms with Crippen molar-refractivity contribution in [2.45, 2.75) is 11.8 Å². The molecule has 0 heterocycles. The second-order valence-electron chi connectivity index (χ2n) is 5.03. The Morgan fingerprint density at radius 2 is 1.92 bits per heavy atom. The molecule has 10 heteroatoms. The summed E-state index contributed by atoms with van der Waals surface area (Å²) in [4.78, 5) is 22.8. The summed E-state index contributed by atoms with van der Waals surface area (Å²) in [7, 11) is -3.97. The fraction of sp³-hybridized carbons (Fsp3) is 0.125. The third kappa shape index (κ3) is 4.54. The predicted molar refractivity (Wildman–Crippen MR) is 101 cm³/mol. The SMILES string of the molecule is CCOC(=O)c1ccc(S(=O)(=O)Nc2ccc(C(N)=O)c(Cl)c2)c(Br)c1. The van der Waals surface area contributed by atoms with Gasteiger partial charge in [0.25, 0.3) is 10.0 Å². The van der Waals surface area contributed by atoms with E-state index in [0.717, 1.165) is 0 Å². The molecule has 0 fully saturated rings. The number of anilines is 1. The molecule has 0 saturated carbocycles. The minimum atomic E-state index is -3.97. The summed E-state index contributed by atoms with van der Waals surface area (Å²) in [6.45, 7) is 1.88. The van der Waals surface area contributed by atoms with Gasteiger partial charge in [0, 0.05) is 4.47 Å². The predicted octanol–water partition coefficient (Wildman–Crippen LogP) is 3.18. The van der Waals surface area contributed by atoms with Crippen molar-refractivity contribution in [2.24, 2.45) is 5.73 Å². The zero-order chi connectivity index (χ0) is 19.5. The molecule has 0 unspecified atom stereocenters. The molecule has 26 heavy (non-hydrogen) atoms. The molecule has 138 valence electrons. The van der Waals surface area contributed by atoms with Crippen molar-refractivity contribution in [3.05, 3.63) is 57.0 Å². The topological polar surface area (TPSA) is 116 Å². The van der Waals surface area contributed by atoms with Crippen LogP contribution in [0.1, 0.15) is 27.6 Å². The Morgan fingerprint density at radius 1 is 1.23 bits per heavy atom. The molecule has 0 aliphatic heterocycles. The summed E-state index contributed by atoms with van der Waals surface area (Å²) < 4.78 is 32.5. The summed E-state index contributed by atoms with van der Waals surface area (Å²) in [5, 5.41) is 0.0226. The number of nitrogens with two attached hydrogens (primary N) is 1. The van der Waals surface area contributed by atoms with E-state index >= 15 is 0 Å². The van der Waals surface area contributed by atoms with Crippen LogP contribution in [-0.2, 0) is 14.8 Å². The lowest BCUT2D eigenvalue weighted by Crippen LogP contribution is -2.15. The first kappa shape index (κ1) is 20.2. The molecule has 0 saturated heterocycles. The van der Waals surface area contributed by atoms with Crippen LogP contribution in [0.2, 0.25) is 5.02 Å². The van der Waals surface area contributed by atoms with Gasteiger partial charge < -0.3 is 10.5 Å². The van der Waals surface area contributed by atoms with Gasteiger partial charge in [-0.15, -0.1) is 0 Å². The van der Waals surface area contributed by atoms with Crippen molar-refractivity contribution in [1.82, 2.24) is 0 Å². The van der Waals surface area contributed by atoms with Crippen LogP contribution in [0, 0.1) is 0 Å². The van der Waals surface area contributed by atoms with Crippen LogP contribution in [0.5, 0.6) is 0 Å². The van der Waals surface area contributed by atoms with E-state index in [4.69, 9.17) is 22.1 Å². The van der Waals surface area contributed by atoms with Crippen molar-refractivity contribution in [3.63, 3.8) is 0 Å². The number of esters is 1. The Balaban J connectivity index is 2.32. The third-order valence-corrected chi connectivity index (χ3v) is 5.89. The van der Waals surface area contributed by atoms with Gasteiger partial charge in [-0.05, 0) is 59.3 Å². The molecular formula is C16H14BrClN2O5S. The number of rotatable bonds is 6. The van der Waals surface area contributed by atoms with Crippen molar-refractivity contribution in [3.8, 4) is 0 Å². The number of hydrogen-bond donors (Lipinski definition) is 2. The van der Waals surface area contributed by atoms with Gasteiger partial charge in [0.1, 0.15) is 4.90 Å². The lowest BCUT2D eigenvalue weighted by Gasteiger charge is -2.11. The highest BCUT2D eigenvalue weighted by Crippen LogP contribution is 2.27. The van der Waals surface area contributed by atoms with Crippen LogP contribution in [0.4, 0.5) is 5.69 Å². The molecule has 0 aliphatic carbocycles. The van der Waals surface area contributed by atoms with Crippen LogP contribution in [0.15, 0.2) is 45.8 Å². The van der Waals surface area contributed by atoms with E-state index in [-0.39, 0.29) is 37.8 Å². The van der Waals surface area contributed by atoms with Gasteiger partial charge in [0.15, 0.2) is 0 Å². The Hall–Kier alpha value is -2.10. The first-order valence-corrected chi connectivity index (χ1v) is 9.90. The Kier molecular flexibility index (Phi) is 6.27. The molecular weight excluding hydrogens is 448 g/mol. The fourth-order valence-corrected chi connectivity index (χ4v) is 4.45. The van der Waals surface area contributed by atoms with Crippen molar-refractivity contribution in [1.29, 1.82) is 0 Å². The number of primary amides is 1. The van der Waals surface area contributed by atoms with Crippen molar-refractivity contribution < 1.29 is 22.7 Å². The maximum atomic E-state index is 12.6. The van der Waals surface area contributed by atoms with Crippen LogP contribution < -0.4 is 10.5 Å². The second kappa shape index (κ2) is 8.07. The maximum absolute atomic E-state index is 12.6. The third-order valence-electron chi connectivity index (χ3n) is 3.22. The number of carbonyl (C=O) groups is 2. The van der Waals surface area contributed by atoms with Crippen molar-refractivity contribution >= 4 is 55.1 Å². The van der Waals surface area contributed by atoms with Gasteiger partial charge in [0.2, 0.25) is 5.91 Å². The van der Waals surface area contributed by atoms with E-state index in [1.807, 2.05) is 0 Å². The van der Waals surface area contributed by atoms with Crippen LogP contribution >= 0.6 is 27.5 Å². The van der Waals surface area contributed by atoms with Gasteiger partial charge >= 0.3 is 5.97 Å². The summed E-state index contributed by atoms with van der Waals surface area (Å²) in [5.74, 6) is -1.28. The van der Waals surface area contributed by atoms with E-state index in [1.54, 1.807) is 6.92 Å². The molecule has 3 N–H and O–H groups in total. The van der Waals surface area contributed by atoms with E-state index < -0.39 is 21.9 Å².